The largest absolute Gasteiger partial charge is 0.379 e. The van der Waals surface area contributed by atoms with Crippen molar-refractivity contribution in [1.29, 1.82) is 0 Å². The third-order valence-electron chi connectivity index (χ3n) is 3.87. The van der Waals surface area contributed by atoms with E-state index in [1.54, 1.807) is 36.2 Å². The summed E-state index contributed by atoms with van der Waals surface area (Å²) in [7, 11) is 1.78. The second-order valence-electron chi connectivity index (χ2n) is 5.07. The summed E-state index contributed by atoms with van der Waals surface area (Å²) in [6.45, 7) is 1.26. The van der Waals surface area contributed by atoms with Crippen LogP contribution in [0.15, 0.2) is 36.4 Å². The van der Waals surface area contributed by atoms with Crippen LogP contribution in [0.4, 0.5) is 4.39 Å². The minimum absolute atomic E-state index is 0.0864. The minimum atomic E-state index is -0.302. The molecule has 20 heavy (non-hydrogen) atoms. The Morgan fingerprint density at radius 1 is 1.25 bits per heavy atom. The fourth-order valence-electron chi connectivity index (χ4n) is 2.63. The summed E-state index contributed by atoms with van der Waals surface area (Å²) in [6, 6.07) is 10.1. The number of likely N-dealkylation sites (N-methyl/N-ethyl adjacent to an activating group) is 1. The molecule has 3 rings (SSSR count). The summed E-state index contributed by atoms with van der Waals surface area (Å²) in [5, 5.41) is 1.14. The van der Waals surface area contributed by atoms with Gasteiger partial charge in [0.25, 0.3) is 5.91 Å². The van der Waals surface area contributed by atoms with Crippen molar-refractivity contribution < 1.29 is 13.9 Å². The molecular weight excluding hydrogens is 257 g/mol. The fourth-order valence-corrected chi connectivity index (χ4v) is 2.63. The Labute approximate surface area is 116 Å². The predicted octanol–water partition coefficient (Wildman–Crippen LogP) is 2.84. The van der Waals surface area contributed by atoms with Crippen LogP contribution in [0.1, 0.15) is 16.8 Å². The molecule has 1 fully saturated rings. The maximum Gasteiger partial charge on any atom is 0.254 e. The molecule has 1 atom stereocenters. The lowest BCUT2D eigenvalue weighted by molar-refractivity contribution is 0.0713. The molecule has 0 radical (unpaired) electrons. The molecule has 1 aliphatic heterocycles. The molecule has 0 aromatic heterocycles. The van der Waals surface area contributed by atoms with E-state index in [-0.39, 0.29) is 17.8 Å². The van der Waals surface area contributed by atoms with Crippen LogP contribution < -0.4 is 0 Å². The van der Waals surface area contributed by atoms with E-state index in [0.29, 0.717) is 29.5 Å². The Morgan fingerprint density at radius 2 is 2.00 bits per heavy atom. The zero-order valence-corrected chi connectivity index (χ0v) is 11.3. The van der Waals surface area contributed by atoms with Crippen molar-refractivity contribution in [3.8, 4) is 0 Å². The normalized spacial score (nSPS) is 18.4. The van der Waals surface area contributed by atoms with Gasteiger partial charge in [0.15, 0.2) is 0 Å². The second-order valence-corrected chi connectivity index (χ2v) is 5.07. The molecule has 0 saturated carbocycles. The highest BCUT2D eigenvalue weighted by Gasteiger charge is 2.26. The maximum atomic E-state index is 13.8. The molecule has 0 aliphatic carbocycles. The Bertz CT molecular complexity index is 650. The van der Waals surface area contributed by atoms with Crippen LogP contribution in [-0.2, 0) is 4.74 Å². The van der Waals surface area contributed by atoms with Crippen molar-refractivity contribution in [1.82, 2.24) is 4.90 Å². The molecule has 0 bridgehead atoms. The van der Waals surface area contributed by atoms with Gasteiger partial charge in [-0.15, -0.1) is 0 Å². The number of carbonyl (C=O) groups excluding carboxylic acids is 1. The third kappa shape index (κ3) is 2.16. The third-order valence-corrected chi connectivity index (χ3v) is 3.87. The maximum absolute atomic E-state index is 13.8. The van der Waals surface area contributed by atoms with Gasteiger partial charge >= 0.3 is 0 Å². The van der Waals surface area contributed by atoms with Crippen molar-refractivity contribution >= 4 is 16.7 Å². The second kappa shape index (κ2) is 5.21. The van der Waals surface area contributed by atoms with Gasteiger partial charge in [-0.25, -0.2) is 4.39 Å². The number of ether oxygens (including phenoxy) is 1. The van der Waals surface area contributed by atoms with Gasteiger partial charge < -0.3 is 9.64 Å². The molecule has 1 heterocycles. The van der Waals surface area contributed by atoms with Crippen LogP contribution >= 0.6 is 0 Å². The number of halogens is 1. The topological polar surface area (TPSA) is 29.5 Å². The van der Waals surface area contributed by atoms with Gasteiger partial charge in [0, 0.05) is 24.6 Å². The molecule has 1 amide bonds. The summed E-state index contributed by atoms with van der Waals surface area (Å²) in [5.74, 6) is -0.388. The zero-order chi connectivity index (χ0) is 14.1. The van der Waals surface area contributed by atoms with E-state index in [0.717, 1.165) is 6.42 Å². The monoisotopic (exact) mass is 273 g/mol. The molecular formula is C16H16FNO2. The van der Waals surface area contributed by atoms with Gasteiger partial charge in [0.1, 0.15) is 5.82 Å². The first-order valence-electron chi connectivity index (χ1n) is 6.70. The average molecular weight is 273 g/mol. The van der Waals surface area contributed by atoms with Crippen LogP contribution in [0.5, 0.6) is 0 Å². The van der Waals surface area contributed by atoms with Gasteiger partial charge in [-0.2, -0.15) is 0 Å². The number of carbonyl (C=O) groups is 1. The Balaban J connectivity index is 2.01. The summed E-state index contributed by atoms with van der Waals surface area (Å²) >= 11 is 0. The molecule has 3 nitrogen and oxygen atoms in total. The first-order chi connectivity index (χ1) is 9.68. The van der Waals surface area contributed by atoms with Crippen molar-refractivity contribution in [3.63, 3.8) is 0 Å². The average Bonchev–Trinajstić information content (AvgIpc) is 3.01. The number of rotatable bonds is 2. The summed E-state index contributed by atoms with van der Waals surface area (Å²) in [4.78, 5) is 14.3. The van der Waals surface area contributed by atoms with Crippen molar-refractivity contribution in [3.05, 3.63) is 47.8 Å². The Morgan fingerprint density at radius 3 is 2.70 bits per heavy atom. The van der Waals surface area contributed by atoms with E-state index >= 15 is 0 Å². The van der Waals surface area contributed by atoms with Gasteiger partial charge in [0.2, 0.25) is 0 Å². The lowest BCUT2D eigenvalue weighted by Crippen LogP contribution is -2.37. The van der Waals surface area contributed by atoms with E-state index in [9.17, 15) is 9.18 Å². The van der Waals surface area contributed by atoms with Gasteiger partial charge in [-0.05, 0) is 23.9 Å². The lowest BCUT2D eigenvalue weighted by Gasteiger charge is -2.23. The number of nitrogens with zero attached hydrogens (tertiary/aromatic N) is 1. The molecule has 4 heteroatoms. The zero-order valence-electron chi connectivity index (χ0n) is 11.3. The van der Waals surface area contributed by atoms with Crippen LogP contribution in [0.3, 0.4) is 0 Å². The number of hydrogen-bond donors (Lipinski definition) is 0. The fraction of sp³-hybridized carbons (Fsp3) is 0.312. The smallest absolute Gasteiger partial charge is 0.254 e. The predicted molar refractivity (Wildman–Crippen MR) is 75.2 cm³/mol. The summed E-state index contributed by atoms with van der Waals surface area (Å²) < 4.78 is 19.1. The molecule has 104 valence electrons. The van der Waals surface area contributed by atoms with Crippen LogP contribution in [-0.4, -0.2) is 37.1 Å². The summed E-state index contributed by atoms with van der Waals surface area (Å²) in [5.41, 5.74) is 0.538. The SMILES string of the molecule is CN(C(=O)c1ccc(F)c2ccccc12)C1CCOC1. The van der Waals surface area contributed by atoms with Crippen LogP contribution in [0.25, 0.3) is 10.8 Å². The van der Waals surface area contributed by atoms with Gasteiger partial charge in [-0.1, -0.05) is 24.3 Å². The van der Waals surface area contributed by atoms with Gasteiger partial charge in [0.05, 0.1) is 12.6 Å². The van der Waals surface area contributed by atoms with Crippen molar-refractivity contribution in [2.45, 2.75) is 12.5 Å². The number of fused-ring (bicyclic) bond motifs is 1. The molecule has 1 unspecified atom stereocenters. The highest BCUT2D eigenvalue weighted by molar-refractivity contribution is 6.07. The van der Waals surface area contributed by atoms with E-state index in [2.05, 4.69) is 0 Å². The number of benzene rings is 2. The Kier molecular flexibility index (Phi) is 3.40. The van der Waals surface area contributed by atoms with E-state index in [1.807, 2.05) is 6.07 Å². The minimum Gasteiger partial charge on any atom is -0.379 e. The number of amides is 1. The van der Waals surface area contributed by atoms with E-state index in [4.69, 9.17) is 4.74 Å². The van der Waals surface area contributed by atoms with E-state index < -0.39 is 0 Å². The molecule has 0 spiro atoms. The highest BCUT2D eigenvalue weighted by atomic mass is 19.1. The lowest BCUT2D eigenvalue weighted by atomic mass is 10.0. The highest BCUT2D eigenvalue weighted by Crippen LogP contribution is 2.24. The molecule has 1 aliphatic rings. The summed E-state index contributed by atoms with van der Waals surface area (Å²) in [6.07, 6.45) is 0.849. The first kappa shape index (κ1) is 13.1. The first-order valence-corrected chi connectivity index (χ1v) is 6.70. The molecule has 0 N–H and O–H groups in total. The number of hydrogen-bond acceptors (Lipinski definition) is 2. The van der Waals surface area contributed by atoms with Crippen molar-refractivity contribution in [2.24, 2.45) is 0 Å². The van der Waals surface area contributed by atoms with E-state index in [1.165, 1.54) is 6.07 Å². The quantitative estimate of drug-likeness (QED) is 0.842. The molecule has 2 aromatic rings. The molecule has 2 aromatic carbocycles. The molecule has 1 saturated heterocycles. The van der Waals surface area contributed by atoms with Gasteiger partial charge in [-0.3, -0.25) is 4.79 Å². The van der Waals surface area contributed by atoms with Crippen LogP contribution in [0.2, 0.25) is 0 Å². The van der Waals surface area contributed by atoms with Crippen LogP contribution in [0, 0.1) is 5.82 Å². The van der Waals surface area contributed by atoms with Crippen molar-refractivity contribution in [2.75, 3.05) is 20.3 Å². The standard InChI is InChI=1S/C16H16FNO2/c1-18(11-8-9-20-10-11)16(19)14-6-7-15(17)13-5-3-2-4-12(13)14/h2-7,11H,8-10H2,1H3. The Hall–Kier alpha value is -1.94.